The minimum Gasteiger partial charge on any atom is -0.490 e. The first-order valence-electron chi connectivity index (χ1n) is 6.62. The highest BCUT2D eigenvalue weighted by Crippen LogP contribution is 2.22. The van der Waals surface area contributed by atoms with Crippen LogP contribution in [-0.4, -0.2) is 13.2 Å². The normalized spacial score (nSPS) is 10.0. The van der Waals surface area contributed by atoms with Gasteiger partial charge in [0, 0.05) is 5.02 Å². The van der Waals surface area contributed by atoms with Gasteiger partial charge in [-0.3, -0.25) is 0 Å². The van der Waals surface area contributed by atoms with Gasteiger partial charge in [0.15, 0.2) is 0 Å². The van der Waals surface area contributed by atoms with Crippen LogP contribution in [-0.2, 0) is 0 Å². The van der Waals surface area contributed by atoms with Crippen molar-refractivity contribution in [1.82, 2.24) is 0 Å². The lowest BCUT2D eigenvalue weighted by atomic mass is 10.1. The molecule has 4 heteroatoms. The molecule has 0 spiro atoms. The second kappa shape index (κ2) is 7.01. The molecule has 0 bridgehead atoms. The van der Waals surface area contributed by atoms with Gasteiger partial charge in [0.1, 0.15) is 30.8 Å². The Morgan fingerprint density at radius 1 is 1.00 bits per heavy atom. The van der Waals surface area contributed by atoms with Crippen molar-refractivity contribution in [2.75, 3.05) is 13.2 Å². The van der Waals surface area contributed by atoms with Crippen molar-refractivity contribution in [2.24, 2.45) is 0 Å². The van der Waals surface area contributed by atoms with Crippen molar-refractivity contribution in [1.29, 1.82) is 5.26 Å². The number of hydrogen-bond donors (Lipinski definition) is 0. The summed E-state index contributed by atoms with van der Waals surface area (Å²) in [4.78, 5) is 0. The first-order chi connectivity index (χ1) is 10.1. The van der Waals surface area contributed by atoms with Gasteiger partial charge in [0.05, 0.1) is 5.56 Å². The third-order valence-corrected chi connectivity index (χ3v) is 3.24. The molecule has 0 radical (unpaired) electrons. The number of nitrogens with zero attached hydrogens (tertiary/aromatic N) is 1. The number of ether oxygens (including phenoxy) is 2. The molecule has 0 heterocycles. The van der Waals surface area contributed by atoms with Gasteiger partial charge in [0.25, 0.3) is 0 Å². The van der Waals surface area contributed by atoms with Crippen LogP contribution in [0.2, 0.25) is 5.02 Å². The monoisotopic (exact) mass is 301 g/mol. The van der Waals surface area contributed by atoms with E-state index < -0.39 is 0 Å². The molecule has 0 aromatic heterocycles. The van der Waals surface area contributed by atoms with Crippen molar-refractivity contribution in [3.05, 3.63) is 58.1 Å². The van der Waals surface area contributed by atoms with E-state index in [1.807, 2.05) is 32.0 Å². The zero-order chi connectivity index (χ0) is 15.2. The van der Waals surface area contributed by atoms with Crippen LogP contribution in [0.5, 0.6) is 11.5 Å². The van der Waals surface area contributed by atoms with Gasteiger partial charge in [-0.1, -0.05) is 23.7 Å². The standard InChI is InChI=1S/C17H16ClNO2/c1-12-3-4-13(2)17(9-12)21-8-7-20-16-6-5-15(18)10-14(16)11-19/h3-6,9-10H,7-8H2,1-2H3. The lowest BCUT2D eigenvalue weighted by molar-refractivity contribution is 0.216. The summed E-state index contributed by atoms with van der Waals surface area (Å²) in [5.74, 6) is 1.38. The molecule has 0 amide bonds. The van der Waals surface area contributed by atoms with Crippen LogP contribution >= 0.6 is 11.6 Å². The summed E-state index contributed by atoms with van der Waals surface area (Å²) in [6.07, 6.45) is 0. The van der Waals surface area contributed by atoms with E-state index in [2.05, 4.69) is 6.07 Å². The second-order valence-electron chi connectivity index (χ2n) is 4.72. The number of halogens is 1. The fraction of sp³-hybridized carbons (Fsp3) is 0.235. The van der Waals surface area contributed by atoms with Gasteiger partial charge in [-0.15, -0.1) is 0 Å². The van der Waals surface area contributed by atoms with E-state index in [9.17, 15) is 0 Å². The summed E-state index contributed by atoms with van der Waals surface area (Å²) in [5.41, 5.74) is 2.67. The van der Waals surface area contributed by atoms with Crippen LogP contribution in [0.3, 0.4) is 0 Å². The van der Waals surface area contributed by atoms with E-state index in [4.69, 9.17) is 26.3 Å². The molecular formula is C17H16ClNO2. The average Bonchev–Trinajstić information content (AvgIpc) is 2.48. The third kappa shape index (κ3) is 4.14. The van der Waals surface area contributed by atoms with Gasteiger partial charge in [-0.2, -0.15) is 5.26 Å². The average molecular weight is 302 g/mol. The predicted octanol–water partition coefficient (Wildman–Crippen LogP) is 4.29. The van der Waals surface area contributed by atoms with Crippen molar-refractivity contribution in [3.8, 4) is 17.6 Å². The second-order valence-corrected chi connectivity index (χ2v) is 5.15. The first-order valence-corrected chi connectivity index (χ1v) is 7.00. The maximum atomic E-state index is 9.02. The van der Waals surface area contributed by atoms with Crippen LogP contribution in [0.15, 0.2) is 36.4 Å². The molecular weight excluding hydrogens is 286 g/mol. The van der Waals surface area contributed by atoms with Crippen LogP contribution in [0.4, 0.5) is 0 Å². The van der Waals surface area contributed by atoms with Crippen molar-refractivity contribution < 1.29 is 9.47 Å². The first kappa shape index (κ1) is 15.2. The van der Waals surface area contributed by atoms with Crippen molar-refractivity contribution in [2.45, 2.75) is 13.8 Å². The molecule has 0 atom stereocenters. The summed E-state index contributed by atoms with van der Waals surface area (Å²) in [6.45, 7) is 4.81. The molecule has 108 valence electrons. The van der Waals surface area contributed by atoms with Crippen LogP contribution in [0.1, 0.15) is 16.7 Å². The van der Waals surface area contributed by atoms with Crippen molar-refractivity contribution in [3.63, 3.8) is 0 Å². The smallest absolute Gasteiger partial charge is 0.137 e. The molecule has 0 aliphatic heterocycles. The molecule has 0 saturated carbocycles. The Labute approximate surface area is 129 Å². The Kier molecular flexibility index (Phi) is 5.08. The molecule has 0 N–H and O–H groups in total. The minimum atomic E-state index is 0.365. The topological polar surface area (TPSA) is 42.2 Å². The quantitative estimate of drug-likeness (QED) is 0.774. The van der Waals surface area contributed by atoms with Gasteiger partial charge >= 0.3 is 0 Å². The molecule has 2 aromatic carbocycles. The van der Waals surface area contributed by atoms with Gasteiger partial charge in [-0.05, 0) is 49.2 Å². The van der Waals surface area contributed by atoms with Crippen LogP contribution in [0, 0.1) is 25.2 Å². The highest BCUT2D eigenvalue weighted by molar-refractivity contribution is 6.30. The Morgan fingerprint density at radius 2 is 1.71 bits per heavy atom. The Balaban J connectivity index is 1.91. The van der Waals surface area contributed by atoms with E-state index in [1.165, 1.54) is 0 Å². The Morgan fingerprint density at radius 3 is 2.43 bits per heavy atom. The van der Waals surface area contributed by atoms with E-state index in [-0.39, 0.29) is 0 Å². The zero-order valence-corrected chi connectivity index (χ0v) is 12.8. The predicted molar refractivity (Wildman–Crippen MR) is 83.1 cm³/mol. The Hall–Kier alpha value is -2.18. The molecule has 0 aliphatic rings. The molecule has 21 heavy (non-hydrogen) atoms. The van der Waals surface area contributed by atoms with Crippen LogP contribution < -0.4 is 9.47 Å². The van der Waals surface area contributed by atoms with Gasteiger partial charge in [-0.25, -0.2) is 0 Å². The highest BCUT2D eigenvalue weighted by atomic mass is 35.5. The maximum Gasteiger partial charge on any atom is 0.137 e. The summed E-state index contributed by atoms with van der Waals surface area (Å²) in [6, 6.07) is 13.1. The fourth-order valence-electron chi connectivity index (χ4n) is 1.88. The number of aryl methyl sites for hydroxylation is 2. The number of benzene rings is 2. The third-order valence-electron chi connectivity index (χ3n) is 3.00. The van der Waals surface area contributed by atoms with E-state index in [1.54, 1.807) is 18.2 Å². The summed E-state index contributed by atoms with van der Waals surface area (Å²) in [7, 11) is 0. The molecule has 0 aliphatic carbocycles. The number of rotatable bonds is 5. The van der Waals surface area contributed by atoms with E-state index >= 15 is 0 Å². The van der Waals surface area contributed by atoms with Crippen molar-refractivity contribution >= 4 is 11.6 Å². The summed E-state index contributed by atoms with van der Waals surface area (Å²) < 4.78 is 11.3. The number of nitriles is 1. The molecule has 3 nitrogen and oxygen atoms in total. The Bertz CT molecular complexity index is 677. The molecule has 0 saturated heterocycles. The molecule has 2 rings (SSSR count). The highest BCUT2D eigenvalue weighted by Gasteiger charge is 2.05. The summed E-state index contributed by atoms with van der Waals surface area (Å²) >= 11 is 5.84. The molecule has 0 unspecified atom stereocenters. The maximum absolute atomic E-state index is 9.02. The van der Waals surface area contributed by atoms with E-state index in [0.717, 1.165) is 16.9 Å². The number of hydrogen-bond acceptors (Lipinski definition) is 3. The lowest BCUT2D eigenvalue weighted by Gasteiger charge is -2.11. The summed E-state index contributed by atoms with van der Waals surface area (Å²) in [5, 5.41) is 9.54. The van der Waals surface area contributed by atoms with E-state index in [0.29, 0.717) is 29.5 Å². The SMILES string of the molecule is Cc1ccc(C)c(OCCOc2ccc(Cl)cc2C#N)c1. The fourth-order valence-corrected chi connectivity index (χ4v) is 2.05. The largest absolute Gasteiger partial charge is 0.490 e. The van der Waals surface area contributed by atoms with Crippen LogP contribution in [0.25, 0.3) is 0 Å². The molecule has 2 aromatic rings. The van der Waals surface area contributed by atoms with Gasteiger partial charge < -0.3 is 9.47 Å². The zero-order valence-electron chi connectivity index (χ0n) is 12.0. The van der Waals surface area contributed by atoms with Gasteiger partial charge in [0.2, 0.25) is 0 Å². The minimum absolute atomic E-state index is 0.365. The lowest BCUT2D eigenvalue weighted by Crippen LogP contribution is -2.10. The molecule has 0 fully saturated rings.